The second-order valence-corrected chi connectivity index (χ2v) is 10.8. The molecule has 1 saturated carbocycles. The fourth-order valence-electron chi connectivity index (χ4n) is 4.76. The van der Waals surface area contributed by atoms with Crippen LogP contribution in [-0.4, -0.2) is 42.3 Å². The van der Waals surface area contributed by atoms with E-state index in [1.165, 1.54) is 0 Å². The van der Waals surface area contributed by atoms with Gasteiger partial charge in [0.05, 0.1) is 5.92 Å². The number of alkyl carbamates (subject to hydrolysis) is 1. The van der Waals surface area contributed by atoms with Crippen LogP contribution in [0, 0.1) is 17.3 Å². The Morgan fingerprint density at radius 2 is 1.63 bits per heavy atom. The van der Waals surface area contributed by atoms with Crippen molar-refractivity contribution < 1.29 is 24.2 Å². The Hall–Kier alpha value is -3.35. The van der Waals surface area contributed by atoms with E-state index in [0.29, 0.717) is 19.4 Å². The van der Waals surface area contributed by atoms with E-state index < -0.39 is 24.0 Å². The van der Waals surface area contributed by atoms with E-state index in [1.807, 2.05) is 24.3 Å². The second-order valence-electron chi connectivity index (χ2n) is 10.8. The number of rotatable bonds is 9. The number of carbonyl (C=O) groups is 3. The SMILES string of the molecule is CC(C)(C)CCC(NC(=O)OCC1c2ccccc2-c2ccccc21)C(=O)NC[C@@H]1C[C@@H]1C(=O)O. The van der Waals surface area contributed by atoms with Crippen molar-refractivity contribution in [2.75, 3.05) is 13.2 Å². The molecular formula is C28H34N2O5. The minimum atomic E-state index is -0.828. The number of hydrogen-bond donors (Lipinski definition) is 3. The van der Waals surface area contributed by atoms with Gasteiger partial charge in [0.2, 0.25) is 5.91 Å². The average molecular weight is 479 g/mol. The molecule has 3 N–H and O–H groups in total. The number of nitrogens with one attached hydrogen (secondary N) is 2. The molecule has 2 aliphatic carbocycles. The lowest BCUT2D eigenvalue weighted by molar-refractivity contribution is -0.139. The third-order valence-electron chi connectivity index (χ3n) is 6.91. The van der Waals surface area contributed by atoms with Gasteiger partial charge in [0.25, 0.3) is 0 Å². The van der Waals surface area contributed by atoms with Crippen molar-refractivity contribution in [1.29, 1.82) is 0 Å². The van der Waals surface area contributed by atoms with Crippen LogP contribution in [0.15, 0.2) is 48.5 Å². The molecule has 0 spiro atoms. The monoisotopic (exact) mass is 478 g/mol. The van der Waals surface area contributed by atoms with Gasteiger partial charge in [-0.3, -0.25) is 9.59 Å². The molecule has 0 saturated heterocycles. The largest absolute Gasteiger partial charge is 0.481 e. The molecule has 35 heavy (non-hydrogen) atoms. The Morgan fingerprint density at radius 3 is 2.17 bits per heavy atom. The van der Waals surface area contributed by atoms with Crippen LogP contribution in [0.2, 0.25) is 0 Å². The molecule has 2 aromatic carbocycles. The predicted molar refractivity (Wildman–Crippen MR) is 133 cm³/mol. The maximum absolute atomic E-state index is 12.9. The molecule has 0 radical (unpaired) electrons. The van der Waals surface area contributed by atoms with E-state index in [1.54, 1.807) is 0 Å². The molecule has 0 heterocycles. The summed E-state index contributed by atoms with van der Waals surface area (Å²) in [6.45, 7) is 6.72. The van der Waals surface area contributed by atoms with Crippen LogP contribution < -0.4 is 10.6 Å². The van der Waals surface area contributed by atoms with Crippen LogP contribution in [0.25, 0.3) is 11.1 Å². The van der Waals surface area contributed by atoms with Crippen molar-refractivity contribution in [3.05, 3.63) is 59.7 Å². The summed E-state index contributed by atoms with van der Waals surface area (Å²) in [5.74, 6) is -1.63. The third kappa shape index (κ3) is 6.02. The van der Waals surface area contributed by atoms with Gasteiger partial charge in [0.15, 0.2) is 0 Å². The van der Waals surface area contributed by atoms with Crippen LogP contribution in [-0.2, 0) is 14.3 Å². The molecule has 1 unspecified atom stereocenters. The zero-order valence-electron chi connectivity index (χ0n) is 20.5. The number of hydrogen-bond acceptors (Lipinski definition) is 4. The van der Waals surface area contributed by atoms with E-state index in [2.05, 4.69) is 55.7 Å². The van der Waals surface area contributed by atoms with E-state index in [9.17, 15) is 14.4 Å². The van der Waals surface area contributed by atoms with Gasteiger partial charge in [-0.25, -0.2) is 4.79 Å². The minimum absolute atomic E-state index is 0.00766. The molecule has 4 rings (SSSR count). The van der Waals surface area contributed by atoms with Crippen LogP contribution >= 0.6 is 0 Å². The second kappa shape index (κ2) is 10.1. The summed E-state index contributed by atoms with van der Waals surface area (Å²) in [4.78, 5) is 36.7. The Morgan fingerprint density at radius 1 is 1.03 bits per heavy atom. The first-order valence-corrected chi connectivity index (χ1v) is 12.3. The summed E-state index contributed by atoms with van der Waals surface area (Å²) < 4.78 is 5.63. The molecule has 0 aliphatic heterocycles. The van der Waals surface area contributed by atoms with Crippen molar-refractivity contribution >= 4 is 18.0 Å². The summed E-state index contributed by atoms with van der Waals surface area (Å²) in [6, 6.07) is 15.5. The number of amides is 2. The van der Waals surface area contributed by atoms with Gasteiger partial charge in [-0.15, -0.1) is 0 Å². The summed E-state index contributed by atoms with van der Waals surface area (Å²) in [5, 5.41) is 14.6. The van der Waals surface area contributed by atoms with Crippen molar-refractivity contribution in [3.63, 3.8) is 0 Å². The van der Waals surface area contributed by atoms with Crippen LogP contribution in [0.5, 0.6) is 0 Å². The molecule has 186 valence electrons. The third-order valence-corrected chi connectivity index (χ3v) is 6.91. The highest BCUT2D eigenvalue weighted by Crippen LogP contribution is 2.44. The Labute approximate surface area is 206 Å². The molecule has 1 fully saturated rings. The first-order valence-electron chi connectivity index (χ1n) is 12.3. The van der Waals surface area contributed by atoms with E-state index in [4.69, 9.17) is 9.84 Å². The summed E-state index contributed by atoms with van der Waals surface area (Å²) in [6.07, 6.45) is 1.14. The van der Waals surface area contributed by atoms with Crippen LogP contribution in [0.3, 0.4) is 0 Å². The number of benzene rings is 2. The van der Waals surface area contributed by atoms with Crippen LogP contribution in [0.1, 0.15) is 57.1 Å². The van der Waals surface area contributed by atoms with Crippen molar-refractivity contribution in [2.24, 2.45) is 17.3 Å². The predicted octanol–water partition coefficient (Wildman–Crippen LogP) is 4.56. The zero-order chi connectivity index (χ0) is 25.2. The van der Waals surface area contributed by atoms with Crippen molar-refractivity contribution in [1.82, 2.24) is 10.6 Å². The molecule has 0 bridgehead atoms. The summed E-state index contributed by atoms with van der Waals surface area (Å²) >= 11 is 0. The van der Waals surface area contributed by atoms with Crippen LogP contribution in [0.4, 0.5) is 4.79 Å². The van der Waals surface area contributed by atoms with E-state index >= 15 is 0 Å². The van der Waals surface area contributed by atoms with Gasteiger partial charge >= 0.3 is 12.1 Å². The van der Waals surface area contributed by atoms with E-state index in [0.717, 1.165) is 28.7 Å². The fourth-order valence-corrected chi connectivity index (χ4v) is 4.76. The molecule has 2 amide bonds. The number of carboxylic acid groups (broad SMARTS) is 1. The van der Waals surface area contributed by atoms with Crippen molar-refractivity contribution in [3.8, 4) is 11.1 Å². The zero-order valence-corrected chi connectivity index (χ0v) is 20.5. The quantitative estimate of drug-likeness (QED) is 0.490. The maximum Gasteiger partial charge on any atom is 0.407 e. The van der Waals surface area contributed by atoms with Gasteiger partial charge in [-0.05, 0) is 52.8 Å². The first-order chi connectivity index (χ1) is 16.6. The molecule has 0 aromatic heterocycles. The fraction of sp³-hybridized carbons (Fsp3) is 0.464. The van der Waals surface area contributed by atoms with Crippen molar-refractivity contribution in [2.45, 2.75) is 52.0 Å². The van der Waals surface area contributed by atoms with Gasteiger partial charge in [0.1, 0.15) is 12.6 Å². The number of fused-ring (bicyclic) bond motifs is 3. The Bertz CT molecular complexity index is 1060. The number of carbonyl (C=O) groups excluding carboxylic acids is 2. The lowest BCUT2D eigenvalue weighted by Crippen LogP contribution is -2.48. The van der Waals surface area contributed by atoms with Gasteiger partial charge in [-0.2, -0.15) is 0 Å². The smallest absolute Gasteiger partial charge is 0.407 e. The molecule has 3 atom stereocenters. The molecule has 7 nitrogen and oxygen atoms in total. The lowest BCUT2D eigenvalue weighted by Gasteiger charge is -2.24. The average Bonchev–Trinajstić information content (AvgIpc) is 3.54. The standard InChI is InChI=1S/C28H34N2O5/c1-28(2,3)13-12-24(25(31)29-15-17-14-22(17)26(32)33)30-27(34)35-16-23-20-10-6-4-8-18(20)19-9-5-7-11-21(19)23/h4-11,17,22-24H,12-16H2,1-3H3,(H,29,31)(H,30,34)(H,32,33)/t17-,22-,24?/m0/s1. The molecule has 2 aliphatic rings. The van der Waals surface area contributed by atoms with Gasteiger partial charge < -0.3 is 20.5 Å². The highest BCUT2D eigenvalue weighted by Gasteiger charge is 2.43. The lowest BCUT2D eigenvalue weighted by atomic mass is 9.88. The van der Waals surface area contributed by atoms with Gasteiger partial charge in [0, 0.05) is 12.5 Å². The highest BCUT2D eigenvalue weighted by molar-refractivity contribution is 5.86. The maximum atomic E-state index is 12.9. The Kier molecular flexibility index (Phi) is 7.15. The topological polar surface area (TPSA) is 105 Å². The summed E-state index contributed by atoms with van der Waals surface area (Å²) in [5.41, 5.74) is 4.55. The number of carboxylic acids is 1. The van der Waals surface area contributed by atoms with E-state index in [-0.39, 0.29) is 29.8 Å². The van der Waals surface area contributed by atoms with Gasteiger partial charge in [-0.1, -0.05) is 69.3 Å². The number of aliphatic carboxylic acids is 1. The molecule has 2 aromatic rings. The normalized spacial score (nSPS) is 19.3. The first kappa shape index (κ1) is 24.8. The molecular weight excluding hydrogens is 444 g/mol. The summed E-state index contributed by atoms with van der Waals surface area (Å²) in [7, 11) is 0. The molecule has 7 heteroatoms. The highest BCUT2D eigenvalue weighted by atomic mass is 16.5. The number of ether oxygens (including phenoxy) is 1. The minimum Gasteiger partial charge on any atom is -0.481 e. The Balaban J connectivity index is 1.37.